The fourth-order valence-electron chi connectivity index (χ4n) is 2.92. The number of methoxy groups -OCH3 is 2. The molecule has 0 unspecified atom stereocenters. The summed E-state index contributed by atoms with van der Waals surface area (Å²) in [5.41, 5.74) is 1.63. The van der Waals surface area contributed by atoms with Gasteiger partial charge in [-0.05, 0) is 41.5 Å². The highest BCUT2D eigenvalue weighted by atomic mass is 16.5. The molecule has 0 radical (unpaired) electrons. The highest BCUT2D eigenvalue weighted by Crippen LogP contribution is 2.31. The van der Waals surface area contributed by atoms with Crippen LogP contribution in [0.25, 0.3) is 5.69 Å². The van der Waals surface area contributed by atoms with E-state index in [-0.39, 0.29) is 0 Å². The van der Waals surface area contributed by atoms with E-state index in [1.807, 2.05) is 36.4 Å². The van der Waals surface area contributed by atoms with E-state index in [2.05, 4.69) is 46.8 Å². The molecule has 3 rings (SSSR count). The maximum absolute atomic E-state index is 5.41. The Morgan fingerprint density at radius 1 is 1.04 bits per heavy atom. The maximum atomic E-state index is 5.41. The summed E-state index contributed by atoms with van der Waals surface area (Å²) in [6.45, 7) is 4.95. The first-order chi connectivity index (χ1) is 13.1. The fraction of sp³-hybridized carbons (Fsp3) is 0.350. The van der Waals surface area contributed by atoms with Gasteiger partial charge >= 0.3 is 0 Å². The van der Waals surface area contributed by atoms with Gasteiger partial charge in [0.05, 0.1) is 25.4 Å². The van der Waals surface area contributed by atoms with E-state index in [9.17, 15) is 0 Å². The van der Waals surface area contributed by atoms with Gasteiger partial charge in [0.1, 0.15) is 0 Å². The minimum absolute atomic E-state index is 0.396. The lowest BCUT2D eigenvalue weighted by molar-refractivity contribution is 0.323. The van der Waals surface area contributed by atoms with Crippen molar-refractivity contribution in [3.8, 4) is 17.2 Å². The topological polar surface area (TPSA) is 74.1 Å². The molecule has 0 aliphatic heterocycles. The molecule has 0 bridgehead atoms. The number of tetrazole rings is 1. The van der Waals surface area contributed by atoms with Crippen LogP contribution in [0, 0.1) is 0 Å². The number of hydrogen-bond acceptors (Lipinski definition) is 6. The second kappa shape index (κ2) is 8.18. The van der Waals surface area contributed by atoms with Gasteiger partial charge in [-0.2, -0.15) is 4.68 Å². The first-order valence-electron chi connectivity index (χ1n) is 8.91. The van der Waals surface area contributed by atoms with Crippen LogP contribution >= 0.6 is 0 Å². The predicted molar refractivity (Wildman–Crippen MR) is 103 cm³/mol. The van der Waals surface area contributed by atoms with Crippen LogP contribution in [0.2, 0.25) is 0 Å². The van der Waals surface area contributed by atoms with Gasteiger partial charge in [0.15, 0.2) is 17.3 Å². The second-order valence-electron chi connectivity index (χ2n) is 6.48. The molecule has 2 aromatic carbocycles. The Morgan fingerprint density at radius 3 is 2.44 bits per heavy atom. The number of hydrogen-bond donors (Lipinski definition) is 1. The molecule has 7 heteroatoms. The third-order valence-corrected chi connectivity index (χ3v) is 4.81. The Kier molecular flexibility index (Phi) is 5.71. The number of ether oxygens (including phenoxy) is 2. The Labute approximate surface area is 159 Å². The largest absolute Gasteiger partial charge is 0.493 e. The predicted octanol–water partition coefficient (Wildman–Crippen LogP) is 3.09. The van der Waals surface area contributed by atoms with Crippen molar-refractivity contribution in [3.63, 3.8) is 0 Å². The Morgan fingerprint density at radius 2 is 1.78 bits per heavy atom. The maximum Gasteiger partial charge on any atom is 0.176 e. The van der Waals surface area contributed by atoms with Gasteiger partial charge in [-0.15, -0.1) is 5.10 Å². The van der Waals surface area contributed by atoms with Gasteiger partial charge in [-0.3, -0.25) is 0 Å². The minimum atomic E-state index is -0.396. The van der Waals surface area contributed by atoms with E-state index < -0.39 is 5.54 Å². The number of benzene rings is 2. The van der Waals surface area contributed by atoms with Crippen LogP contribution in [-0.2, 0) is 12.1 Å². The molecule has 1 N–H and O–H groups in total. The zero-order valence-electron chi connectivity index (χ0n) is 16.1. The monoisotopic (exact) mass is 367 g/mol. The van der Waals surface area contributed by atoms with Gasteiger partial charge in [0.25, 0.3) is 0 Å². The molecule has 0 aliphatic carbocycles. The SMILES string of the molecule is CC[C@@](C)(NCc1ccccc1)c1nnnn1-c1ccc(OC)c(OC)c1. The van der Waals surface area contributed by atoms with Gasteiger partial charge in [0.2, 0.25) is 0 Å². The van der Waals surface area contributed by atoms with Crippen molar-refractivity contribution in [1.29, 1.82) is 0 Å². The lowest BCUT2D eigenvalue weighted by Gasteiger charge is -2.28. The van der Waals surface area contributed by atoms with Crippen LogP contribution in [0.5, 0.6) is 11.5 Å². The zero-order valence-corrected chi connectivity index (χ0v) is 16.1. The van der Waals surface area contributed by atoms with Crippen LogP contribution in [0.4, 0.5) is 0 Å². The first-order valence-corrected chi connectivity index (χ1v) is 8.91. The van der Waals surface area contributed by atoms with Crippen molar-refractivity contribution in [2.24, 2.45) is 0 Å². The van der Waals surface area contributed by atoms with Crippen LogP contribution in [0.3, 0.4) is 0 Å². The fourth-order valence-corrected chi connectivity index (χ4v) is 2.92. The summed E-state index contributed by atoms with van der Waals surface area (Å²) in [6.07, 6.45) is 0.827. The van der Waals surface area contributed by atoms with Crippen LogP contribution < -0.4 is 14.8 Å². The van der Waals surface area contributed by atoms with Crippen LogP contribution in [0.15, 0.2) is 48.5 Å². The lowest BCUT2D eigenvalue weighted by Crippen LogP contribution is -2.41. The smallest absolute Gasteiger partial charge is 0.176 e. The van der Waals surface area contributed by atoms with E-state index in [4.69, 9.17) is 9.47 Å². The Hall–Kier alpha value is -2.93. The summed E-state index contributed by atoms with van der Waals surface area (Å²) >= 11 is 0. The van der Waals surface area contributed by atoms with E-state index in [0.29, 0.717) is 11.5 Å². The Balaban J connectivity index is 1.92. The molecule has 0 spiro atoms. The molecule has 1 heterocycles. The third kappa shape index (κ3) is 3.93. The zero-order chi connectivity index (χ0) is 19.3. The Bertz CT molecular complexity index is 881. The molecule has 7 nitrogen and oxygen atoms in total. The van der Waals surface area contributed by atoms with Crippen LogP contribution in [0.1, 0.15) is 31.7 Å². The van der Waals surface area contributed by atoms with Crippen molar-refractivity contribution in [3.05, 3.63) is 59.9 Å². The van der Waals surface area contributed by atoms with Crippen molar-refractivity contribution in [2.45, 2.75) is 32.4 Å². The molecule has 1 aromatic heterocycles. The summed E-state index contributed by atoms with van der Waals surface area (Å²) in [6, 6.07) is 15.9. The summed E-state index contributed by atoms with van der Waals surface area (Å²) < 4.78 is 12.5. The lowest BCUT2D eigenvalue weighted by atomic mass is 9.97. The van der Waals surface area contributed by atoms with Crippen molar-refractivity contribution >= 4 is 0 Å². The summed E-state index contributed by atoms with van der Waals surface area (Å²) in [7, 11) is 3.22. The van der Waals surface area contributed by atoms with Gasteiger partial charge < -0.3 is 14.8 Å². The van der Waals surface area contributed by atoms with Gasteiger partial charge in [-0.25, -0.2) is 0 Å². The second-order valence-corrected chi connectivity index (χ2v) is 6.48. The number of rotatable bonds is 8. The van der Waals surface area contributed by atoms with Crippen LogP contribution in [-0.4, -0.2) is 34.4 Å². The number of nitrogens with one attached hydrogen (secondary N) is 1. The normalized spacial score (nSPS) is 13.2. The van der Waals surface area contributed by atoms with E-state index in [0.717, 1.165) is 24.5 Å². The van der Waals surface area contributed by atoms with E-state index in [1.54, 1.807) is 18.9 Å². The molecular formula is C20H25N5O2. The van der Waals surface area contributed by atoms with E-state index >= 15 is 0 Å². The van der Waals surface area contributed by atoms with Gasteiger partial charge in [-0.1, -0.05) is 37.3 Å². The summed E-state index contributed by atoms with van der Waals surface area (Å²) in [5, 5.41) is 16.0. The molecule has 142 valence electrons. The first kappa shape index (κ1) is 18.8. The number of aromatic nitrogens is 4. The standard InChI is InChI=1S/C20H25N5O2/c1-5-20(2,21-14-15-9-7-6-8-10-15)19-22-23-24-25(19)16-11-12-17(26-3)18(13-16)27-4/h6-13,21H,5,14H2,1-4H3/t20-/m1/s1. The quantitative estimate of drug-likeness (QED) is 0.659. The molecule has 0 saturated heterocycles. The average Bonchev–Trinajstić information content (AvgIpc) is 3.23. The average molecular weight is 367 g/mol. The molecule has 0 amide bonds. The minimum Gasteiger partial charge on any atom is -0.493 e. The molecule has 0 aliphatic rings. The molecule has 0 fully saturated rings. The number of nitrogens with zero attached hydrogens (tertiary/aromatic N) is 4. The molecule has 1 atom stereocenters. The highest BCUT2D eigenvalue weighted by molar-refractivity contribution is 5.48. The highest BCUT2D eigenvalue weighted by Gasteiger charge is 2.31. The third-order valence-electron chi connectivity index (χ3n) is 4.81. The molecule has 3 aromatic rings. The van der Waals surface area contributed by atoms with Crippen molar-refractivity contribution < 1.29 is 9.47 Å². The van der Waals surface area contributed by atoms with E-state index in [1.165, 1.54) is 5.56 Å². The summed E-state index contributed by atoms with van der Waals surface area (Å²) in [5.74, 6) is 2.04. The van der Waals surface area contributed by atoms with Crippen molar-refractivity contribution in [1.82, 2.24) is 25.5 Å². The van der Waals surface area contributed by atoms with Crippen molar-refractivity contribution in [2.75, 3.05) is 14.2 Å². The van der Waals surface area contributed by atoms with Gasteiger partial charge in [0, 0.05) is 12.6 Å². The molecule has 0 saturated carbocycles. The molecular weight excluding hydrogens is 342 g/mol. The summed E-state index contributed by atoms with van der Waals surface area (Å²) in [4.78, 5) is 0. The molecule has 27 heavy (non-hydrogen) atoms.